The van der Waals surface area contributed by atoms with Gasteiger partial charge in [0.1, 0.15) is 0 Å². The molecule has 0 saturated carbocycles. The van der Waals surface area contributed by atoms with Crippen molar-refractivity contribution in [3.63, 3.8) is 0 Å². The molecule has 120 valence electrons. The molecule has 0 fully saturated rings. The molecule has 7 nitrogen and oxygen atoms in total. The number of carboxylic acids is 1. The van der Waals surface area contributed by atoms with Crippen molar-refractivity contribution >= 4 is 22.5 Å². The summed E-state index contributed by atoms with van der Waals surface area (Å²) in [6.07, 6.45) is 1.75. The summed E-state index contributed by atoms with van der Waals surface area (Å²) < 4.78 is 22.3. The Balaban J connectivity index is 0. The smallest absolute Gasteiger partial charge is 0.335 e. The first-order chi connectivity index (χ1) is 9.67. The SMILES string of the molecule is C=CC.Cc1cccc(C(=O)O)c1C.O=[PH](O)O[PH](=O)O. The van der Waals surface area contributed by atoms with Crippen LogP contribution in [0.4, 0.5) is 0 Å². The van der Waals surface area contributed by atoms with Gasteiger partial charge in [0.05, 0.1) is 5.56 Å². The predicted octanol–water partition coefficient (Wildman–Crippen LogP) is 2.96. The molecular formula is C12H20O7P2. The van der Waals surface area contributed by atoms with Crippen molar-refractivity contribution < 1.29 is 33.1 Å². The van der Waals surface area contributed by atoms with E-state index in [1.165, 1.54) is 0 Å². The minimum absolute atomic E-state index is 0.394. The van der Waals surface area contributed by atoms with E-state index in [9.17, 15) is 13.9 Å². The Hall–Kier alpha value is -1.23. The van der Waals surface area contributed by atoms with Crippen molar-refractivity contribution in [3.05, 3.63) is 47.5 Å². The molecular weight excluding hydrogens is 318 g/mol. The van der Waals surface area contributed by atoms with E-state index in [2.05, 4.69) is 10.9 Å². The van der Waals surface area contributed by atoms with E-state index in [-0.39, 0.29) is 0 Å². The molecule has 0 heterocycles. The van der Waals surface area contributed by atoms with E-state index in [0.29, 0.717) is 5.56 Å². The summed E-state index contributed by atoms with van der Waals surface area (Å²) >= 11 is 0. The Morgan fingerprint density at radius 1 is 1.24 bits per heavy atom. The van der Waals surface area contributed by atoms with Crippen LogP contribution < -0.4 is 0 Å². The molecule has 0 spiro atoms. The van der Waals surface area contributed by atoms with Crippen LogP contribution in [-0.4, -0.2) is 20.9 Å². The zero-order chi connectivity index (χ0) is 17.0. The van der Waals surface area contributed by atoms with Gasteiger partial charge >= 0.3 is 22.5 Å². The van der Waals surface area contributed by atoms with Crippen molar-refractivity contribution in [2.75, 3.05) is 0 Å². The van der Waals surface area contributed by atoms with Crippen molar-refractivity contribution in [3.8, 4) is 0 Å². The molecule has 0 aliphatic heterocycles. The summed E-state index contributed by atoms with van der Waals surface area (Å²) in [4.78, 5) is 26.0. The van der Waals surface area contributed by atoms with Crippen LogP contribution in [-0.2, 0) is 13.4 Å². The molecule has 1 aromatic rings. The van der Waals surface area contributed by atoms with Crippen molar-refractivity contribution in [1.82, 2.24) is 0 Å². The lowest BCUT2D eigenvalue weighted by atomic mass is 10.0. The Bertz CT molecular complexity index is 502. The first kappa shape index (κ1) is 22.1. The zero-order valence-electron chi connectivity index (χ0n) is 12.0. The highest BCUT2D eigenvalue weighted by molar-refractivity contribution is 7.46. The summed E-state index contributed by atoms with van der Waals surface area (Å²) in [6, 6.07) is 5.28. The molecule has 0 aromatic heterocycles. The van der Waals surface area contributed by atoms with Crippen LogP contribution >= 0.6 is 16.5 Å². The number of benzene rings is 1. The lowest BCUT2D eigenvalue weighted by Crippen LogP contribution is -2.00. The second-order valence-corrected chi connectivity index (χ2v) is 5.47. The van der Waals surface area contributed by atoms with Crippen LogP contribution in [0.5, 0.6) is 0 Å². The number of allylic oxidation sites excluding steroid dienone is 1. The van der Waals surface area contributed by atoms with Crippen molar-refractivity contribution in [1.29, 1.82) is 0 Å². The summed E-state index contributed by atoms with van der Waals surface area (Å²) in [5, 5.41) is 8.69. The Labute approximate surface area is 124 Å². The highest BCUT2D eigenvalue weighted by Gasteiger charge is 2.06. The van der Waals surface area contributed by atoms with E-state index >= 15 is 0 Å². The molecule has 1 rings (SSSR count). The predicted molar refractivity (Wildman–Crippen MR) is 82.3 cm³/mol. The first-order valence-corrected chi connectivity index (χ1v) is 8.20. The van der Waals surface area contributed by atoms with Crippen LogP contribution in [0.3, 0.4) is 0 Å². The molecule has 0 radical (unpaired) electrons. The average molecular weight is 338 g/mol. The summed E-state index contributed by atoms with van der Waals surface area (Å²) in [5.74, 6) is -0.855. The van der Waals surface area contributed by atoms with Crippen LogP contribution in [0.2, 0.25) is 0 Å². The standard InChI is InChI=1S/C9H10O2.C3H6.H4O5P2/c1-6-4-3-5-8(7(6)2)9(10)11;1-3-2;1-6(2)5-7(3)4/h3-5H,1-2H3,(H,10,11);3H,1H2,2H3;6-7H,(H,1,2)(H,3,4). The minimum Gasteiger partial charge on any atom is -0.478 e. The lowest BCUT2D eigenvalue weighted by molar-refractivity contribution is 0.0696. The molecule has 2 unspecified atom stereocenters. The van der Waals surface area contributed by atoms with Gasteiger partial charge in [-0.15, -0.1) is 6.58 Å². The topological polar surface area (TPSA) is 121 Å². The van der Waals surface area contributed by atoms with Gasteiger partial charge in [0, 0.05) is 0 Å². The average Bonchev–Trinajstić information content (AvgIpc) is 2.32. The van der Waals surface area contributed by atoms with Gasteiger partial charge < -0.3 is 14.9 Å². The summed E-state index contributed by atoms with van der Waals surface area (Å²) in [5.41, 5.74) is 2.26. The molecule has 0 aliphatic rings. The molecule has 21 heavy (non-hydrogen) atoms. The monoisotopic (exact) mass is 338 g/mol. The molecule has 9 heteroatoms. The third kappa shape index (κ3) is 12.2. The van der Waals surface area contributed by atoms with Crippen LogP contribution in [0, 0.1) is 13.8 Å². The van der Waals surface area contributed by atoms with E-state index in [0.717, 1.165) is 11.1 Å². The maximum Gasteiger partial charge on any atom is 0.335 e. The molecule has 1 aromatic carbocycles. The van der Waals surface area contributed by atoms with Gasteiger partial charge in [0.15, 0.2) is 0 Å². The van der Waals surface area contributed by atoms with Crippen molar-refractivity contribution in [2.24, 2.45) is 0 Å². The third-order valence-electron chi connectivity index (χ3n) is 2.01. The van der Waals surface area contributed by atoms with Crippen LogP contribution in [0.15, 0.2) is 30.9 Å². The molecule has 3 N–H and O–H groups in total. The highest BCUT2D eigenvalue weighted by Crippen LogP contribution is 2.30. The van der Waals surface area contributed by atoms with Gasteiger partial charge in [0.2, 0.25) is 0 Å². The van der Waals surface area contributed by atoms with E-state index in [1.54, 1.807) is 18.2 Å². The fourth-order valence-corrected chi connectivity index (χ4v) is 1.65. The van der Waals surface area contributed by atoms with E-state index in [4.69, 9.17) is 14.9 Å². The number of aryl methyl sites for hydroxylation is 1. The van der Waals surface area contributed by atoms with Gasteiger partial charge in [0.25, 0.3) is 0 Å². The number of hydrogen-bond donors (Lipinski definition) is 3. The Kier molecular flexibility index (Phi) is 13.1. The summed E-state index contributed by atoms with van der Waals surface area (Å²) in [6.45, 7) is 8.97. The fraction of sp³-hybridized carbons (Fsp3) is 0.250. The van der Waals surface area contributed by atoms with E-state index in [1.807, 2.05) is 26.8 Å². The maximum atomic E-state index is 10.6. The molecule has 2 atom stereocenters. The van der Waals surface area contributed by atoms with Gasteiger partial charge in [-0.05, 0) is 38.0 Å². The van der Waals surface area contributed by atoms with Gasteiger partial charge in [-0.2, -0.15) is 0 Å². The van der Waals surface area contributed by atoms with E-state index < -0.39 is 22.5 Å². The number of carbonyl (C=O) groups is 1. The van der Waals surface area contributed by atoms with Crippen LogP contribution in [0.1, 0.15) is 28.4 Å². The number of rotatable bonds is 3. The summed E-state index contributed by atoms with van der Waals surface area (Å²) in [7, 11) is -6.40. The second-order valence-electron chi connectivity index (χ2n) is 3.59. The quantitative estimate of drug-likeness (QED) is 0.572. The largest absolute Gasteiger partial charge is 0.478 e. The Morgan fingerprint density at radius 3 is 1.90 bits per heavy atom. The van der Waals surface area contributed by atoms with Crippen LogP contribution in [0.25, 0.3) is 0 Å². The van der Waals surface area contributed by atoms with Gasteiger partial charge in [-0.1, -0.05) is 18.2 Å². The first-order valence-electron chi connectivity index (χ1n) is 5.67. The van der Waals surface area contributed by atoms with Gasteiger partial charge in [-0.3, -0.25) is 9.13 Å². The fourth-order valence-electron chi connectivity index (χ4n) is 1.06. The van der Waals surface area contributed by atoms with Gasteiger partial charge in [-0.25, -0.2) is 9.11 Å². The third-order valence-corrected chi connectivity index (χ3v) is 3.41. The second kappa shape index (κ2) is 12.5. The highest BCUT2D eigenvalue weighted by atomic mass is 31.2. The minimum atomic E-state index is -3.20. The molecule has 0 amide bonds. The zero-order valence-corrected chi connectivity index (χ0v) is 14.0. The number of aromatic carboxylic acids is 1. The lowest BCUT2D eigenvalue weighted by Gasteiger charge is -2.02. The maximum absolute atomic E-state index is 10.6. The normalized spacial score (nSPS) is 11.9. The molecule has 0 saturated heterocycles. The number of hydrogen-bond acceptors (Lipinski definition) is 4. The van der Waals surface area contributed by atoms with Crippen molar-refractivity contribution in [2.45, 2.75) is 20.8 Å². The molecule has 0 aliphatic carbocycles. The Morgan fingerprint density at radius 2 is 1.67 bits per heavy atom. The number of carboxylic acid groups (broad SMARTS) is 1. The molecule has 0 bridgehead atoms.